The van der Waals surface area contributed by atoms with Crippen molar-refractivity contribution < 1.29 is 9.90 Å². The van der Waals surface area contributed by atoms with Gasteiger partial charge in [0.05, 0.1) is 6.10 Å². The van der Waals surface area contributed by atoms with Crippen molar-refractivity contribution in [2.45, 2.75) is 69.9 Å². The Bertz CT molecular complexity index is 1110. The van der Waals surface area contributed by atoms with Crippen LogP contribution in [-0.2, 0) is 23.1 Å². The maximum Gasteiger partial charge on any atom is 0.198 e. The van der Waals surface area contributed by atoms with Crippen molar-refractivity contribution in [1.82, 2.24) is 19.6 Å². The minimum atomic E-state index is -0.392. The van der Waals surface area contributed by atoms with Crippen molar-refractivity contribution in [2.24, 2.45) is 0 Å². The lowest BCUT2D eigenvalue weighted by molar-refractivity contribution is -0.121. The first-order valence-corrected chi connectivity index (χ1v) is 10.7. The number of ketones is 1. The molecule has 3 aromatic rings. The van der Waals surface area contributed by atoms with Gasteiger partial charge in [-0.1, -0.05) is 18.2 Å². The van der Waals surface area contributed by atoms with E-state index in [4.69, 9.17) is 4.98 Å². The lowest BCUT2D eigenvalue weighted by Gasteiger charge is -2.26. The number of anilines is 1. The van der Waals surface area contributed by atoms with E-state index in [2.05, 4.69) is 33.6 Å². The van der Waals surface area contributed by atoms with Gasteiger partial charge in [0.1, 0.15) is 5.78 Å². The summed E-state index contributed by atoms with van der Waals surface area (Å²) in [4.78, 5) is 21.5. The van der Waals surface area contributed by atoms with Gasteiger partial charge in [0.15, 0.2) is 17.3 Å². The highest BCUT2D eigenvalue weighted by molar-refractivity contribution is 5.95. The Labute approximate surface area is 175 Å². The molecule has 0 spiro atoms. The third-order valence-electron chi connectivity index (χ3n) is 6.59. The summed E-state index contributed by atoms with van der Waals surface area (Å²) >= 11 is 0. The van der Waals surface area contributed by atoms with Gasteiger partial charge in [-0.25, -0.2) is 14.5 Å². The number of aliphatic hydroxyl groups is 1. The van der Waals surface area contributed by atoms with Crippen LogP contribution in [-0.4, -0.2) is 42.6 Å². The summed E-state index contributed by atoms with van der Waals surface area (Å²) in [7, 11) is 0. The molecule has 1 fully saturated rings. The highest BCUT2D eigenvalue weighted by atomic mass is 16.3. The first-order chi connectivity index (χ1) is 14.4. The second-order valence-corrected chi connectivity index (χ2v) is 9.12. The SMILES string of the molecule is CC1(C)C(=O)Cc2cc(Cc3nc4c(NC5CCC(O)CC5)nccn4n3)ccc21. The van der Waals surface area contributed by atoms with Gasteiger partial charge in [0, 0.05) is 36.7 Å². The molecule has 156 valence electrons. The van der Waals surface area contributed by atoms with Crippen LogP contribution in [0, 0.1) is 0 Å². The summed E-state index contributed by atoms with van der Waals surface area (Å²) < 4.78 is 1.77. The van der Waals surface area contributed by atoms with E-state index in [1.165, 1.54) is 0 Å². The van der Waals surface area contributed by atoms with Crippen molar-refractivity contribution in [3.05, 3.63) is 53.1 Å². The number of nitrogens with zero attached hydrogens (tertiary/aromatic N) is 4. The Balaban J connectivity index is 1.37. The maximum atomic E-state index is 12.3. The number of nitrogens with one attached hydrogen (secondary N) is 1. The van der Waals surface area contributed by atoms with E-state index in [9.17, 15) is 9.90 Å². The van der Waals surface area contributed by atoms with E-state index >= 15 is 0 Å². The number of carbonyl (C=O) groups excluding carboxylic acids is 1. The highest BCUT2D eigenvalue weighted by Crippen LogP contribution is 2.36. The Kier molecular flexibility index (Phi) is 4.58. The molecule has 0 atom stereocenters. The summed E-state index contributed by atoms with van der Waals surface area (Å²) in [5.74, 6) is 1.74. The highest BCUT2D eigenvalue weighted by Gasteiger charge is 2.37. The van der Waals surface area contributed by atoms with Gasteiger partial charge < -0.3 is 10.4 Å². The second-order valence-electron chi connectivity index (χ2n) is 9.12. The minimum absolute atomic E-state index is 0.181. The van der Waals surface area contributed by atoms with Gasteiger partial charge >= 0.3 is 0 Å². The summed E-state index contributed by atoms with van der Waals surface area (Å²) in [6.45, 7) is 4.00. The Hall–Kier alpha value is -2.80. The standard InChI is InChI=1S/C23H27N5O2/c1-23(2)18-8-3-14(11-15(18)13-19(23)30)12-20-26-22-21(24-9-10-28(22)27-20)25-16-4-6-17(29)7-5-16/h3,8-11,16-17,29H,4-7,12-13H2,1-2H3,(H,24,25). The van der Waals surface area contributed by atoms with Gasteiger partial charge in [-0.15, -0.1) is 0 Å². The molecule has 2 aliphatic rings. The van der Waals surface area contributed by atoms with Crippen LogP contribution in [0.25, 0.3) is 5.65 Å². The first kappa shape index (κ1) is 19.2. The molecule has 0 aliphatic heterocycles. The predicted octanol–water partition coefficient (Wildman–Crippen LogP) is 2.83. The summed E-state index contributed by atoms with van der Waals surface area (Å²) in [6.07, 6.45) is 7.96. The largest absolute Gasteiger partial charge is 0.393 e. The molecule has 0 saturated heterocycles. The Morgan fingerprint density at radius 1 is 1.23 bits per heavy atom. The van der Waals surface area contributed by atoms with E-state index in [-0.39, 0.29) is 11.9 Å². The fourth-order valence-corrected chi connectivity index (χ4v) is 4.69. The molecule has 1 aromatic carbocycles. The van der Waals surface area contributed by atoms with Gasteiger partial charge in [-0.3, -0.25) is 4.79 Å². The van der Waals surface area contributed by atoms with Crippen LogP contribution < -0.4 is 5.32 Å². The van der Waals surface area contributed by atoms with Crippen LogP contribution in [0.3, 0.4) is 0 Å². The summed E-state index contributed by atoms with van der Waals surface area (Å²) in [5, 5.41) is 17.8. The van der Waals surface area contributed by atoms with Crippen molar-refractivity contribution >= 4 is 17.2 Å². The zero-order valence-electron chi connectivity index (χ0n) is 17.4. The number of rotatable bonds is 4. The van der Waals surface area contributed by atoms with Crippen LogP contribution in [0.2, 0.25) is 0 Å². The molecule has 5 rings (SSSR count). The van der Waals surface area contributed by atoms with Gasteiger partial charge in [-0.2, -0.15) is 5.10 Å². The number of fused-ring (bicyclic) bond motifs is 2. The average molecular weight is 406 g/mol. The lowest BCUT2D eigenvalue weighted by Crippen LogP contribution is -2.28. The Morgan fingerprint density at radius 2 is 2.03 bits per heavy atom. The number of hydrogen-bond donors (Lipinski definition) is 2. The van der Waals surface area contributed by atoms with Crippen LogP contribution in [0.1, 0.15) is 62.0 Å². The number of aliphatic hydroxyl groups excluding tert-OH is 1. The van der Waals surface area contributed by atoms with Gasteiger partial charge in [0.2, 0.25) is 0 Å². The molecule has 0 unspecified atom stereocenters. The third kappa shape index (κ3) is 3.37. The first-order valence-electron chi connectivity index (χ1n) is 10.7. The van der Waals surface area contributed by atoms with Crippen LogP contribution in [0.4, 0.5) is 5.82 Å². The van der Waals surface area contributed by atoms with Crippen molar-refractivity contribution in [1.29, 1.82) is 0 Å². The number of hydrogen-bond acceptors (Lipinski definition) is 6. The quantitative estimate of drug-likeness (QED) is 0.693. The van der Waals surface area contributed by atoms with E-state index < -0.39 is 5.41 Å². The number of benzene rings is 1. The predicted molar refractivity (Wildman–Crippen MR) is 114 cm³/mol. The molecule has 2 N–H and O–H groups in total. The van der Waals surface area contributed by atoms with Crippen LogP contribution in [0.15, 0.2) is 30.6 Å². The summed E-state index contributed by atoms with van der Waals surface area (Å²) in [5.41, 5.74) is 3.69. The van der Waals surface area contributed by atoms with E-state index in [1.54, 1.807) is 10.7 Å². The van der Waals surface area contributed by atoms with Gasteiger partial charge in [-0.05, 0) is 56.2 Å². The average Bonchev–Trinajstić information content (AvgIpc) is 3.22. The monoisotopic (exact) mass is 405 g/mol. The fourth-order valence-electron chi connectivity index (χ4n) is 4.69. The fraction of sp³-hybridized carbons (Fsp3) is 0.478. The molecule has 2 aliphatic carbocycles. The number of carbonyl (C=O) groups is 1. The summed E-state index contributed by atoms with van der Waals surface area (Å²) in [6, 6.07) is 6.58. The van der Waals surface area contributed by atoms with Crippen molar-refractivity contribution in [2.75, 3.05) is 5.32 Å². The second kappa shape index (κ2) is 7.16. The molecular weight excluding hydrogens is 378 g/mol. The molecule has 1 saturated carbocycles. The topological polar surface area (TPSA) is 92.4 Å². The molecular formula is C23H27N5O2. The molecule has 2 aromatic heterocycles. The maximum absolute atomic E-state index is 12.3. The van der Waals surface area contributed by atoms with Crippen molar-refractivity contribution in [3.8, 4) is 0 Å². The Morgan fingerprint density at radius 3 is 2.83 bits per heavy atom. The minimum Gasteiger partial charge on any atom is -0.393 e. The normalized spacial score (nSPS) is 23.0. The van der Waals surface area contributed by atoms with E-state index in [0.717, 1.165) is 59.7 Å². The molecule has 0 bridgehead atoms. The molecule has 30 heavy (non-hydrogen) atoms. The van der Waals surface area contributed by atoms with Crippen molar-refractivity contribution in [3.63, 3.8) is 0 Å². The van der Waals surface area contributed by atoms with Crippen LogP contribution >= 0.6 is 0 Å². The zero-order chi connectivity index (χ0) is 20.9. The zero-order valence-corrected chi connectivity index (χ0v) is 17.4. The number of Topliss-reactive ketones (excluding diaryl/α,β-unsaturated/α-hetero) is 1. The third-order valence-corrected chi connectivity index (χ3v) is 6.59. The lowest BCUT2D eigenvalue weighted by atomic mass is 9.85. The van der Waals surface area contributed by atoms with Gasteiger partial charge in [0.25, 0.3) is 0 Å². The van der Waals surface area contributed by atoms with E-state index in [1.807, 2.05) is 20.0 Å². The number of aromatic nitrogens is 4. The smallest absolute Gasteiger partial charge is 0.198 e. The molecule has 7 nitrogen and oxygen atoms in total. The van der Waals surface area contributed by atoms with Crippen LogP contribution in [0.5, 0.6) is 0 Å². The van der Waals surface area contributed by atoms with E-state index in [0.29, 0.717) is 18.9 Å². The molecule has 7 heteroatoms. The molecule has 2 heterocycles. The molecule has 0 amide bonds. The molecule has 0 radical (unpaired) electrons.